The molecule has 0 amide bonds. The summed E-state index contributed by atoms with van der Waals surface area (Å²) in [4.78, 5) is 13.0. The Morgan fingerprint density at radius 1 is 1.19 bits per heavy atom. The number of nitrogens with two attached hydrogens (primary N) is 1. The smallest absolute Gasteiger partial charge is 0.339 e. The topological polar surface area (TPSA) is 61.5 Å². The predicted molar refractivity (Wildman–Crippen MR) is 109 cm³/mol. The fourth-order valence-electron chi connectivity index (χ4n) is 3.97. The first-order valence-corrected chi connectivity index (χ1v) is 10.5. The molecule has 7 heteroatoms. The van der Waals surface area contributed by atoms with E-state index < -0.39 is 40.5 Å². The van der Waals surface area contributed by atoms with Crippen LogP contribution in [0.15, 0.2) is 48.5 Å². The highest BCUT2D eigenvalue weighted by molar-refractivity contribution is 5.84. The molecule has 0 bridgehead atoms. The Balaban J connectivity index is 1.53. The lowest BCUT2D eigenvalue weighted by Gasteiger charge is -2.30. The second-order valence-electron chi connectivity index (χ2n) is 8.72. The van der Waals surface area contributed by atoms with Crippen LogP contribution in [0.25, 0.3) is 0 Å². The van der Waals surface area contributed by atoms with E-state index in [0.29, 0.717) is 6.42 Å². The first-order valence-electron chi connectivity index (χ1n) is 10.5. The molecule has 2 saturated carbocycles. The maximum Gasteiger partial charge on any atom is 0.339 e. The number of hydrogen-bond donors (Lipinski definition) is 1. The number of hydrogen-bond acceptors (Lipinski definition) is 4. The van der Waals surface area contributed by atoms with Gasteiger partial charge in [0.25, 0.3) is 0 Å². The Labute approximate surface area is 179 Å². The Hall–Kier alpha value is -2.38. The molecule has 0 aromatic heterocycles. The number of alkyl halides is 2. The molecule has 2 aliphatic rings. The third-order valence-corrected chi connectivity index (χ3v) is 6.35. The van der Waals surface area contributed by atoms with Crippen LogP contribution in [-0.2, 0) is 26.8 Å². The third kappa shape index (κ3) is 3.74. The molecule has 0 radical (unpaired) electrons. The Morgan fingerprint density at radius 3 is 2.39 bits per heavy atom. The van der Waals surface area contributed by atoms with Crippen molar-refractivity contribution in [2.24, 2.45) is 11.7 Å². The first kappa shape index (κ1) is 21.8. The highest BCUT2D eigenvalue weighted by Crippen LogP contribution is 2.59. The summed E-state index contributed by atoms with van der Waals surface area (Å²) in [5.41, 5.74) is 2.47. The van der Waals surface area contributed by atoms with Gasteiger partial charge in [-0.2, -0.15) is 8.78 Å². The van der Waals surface area contributed by atoms with Crippen LogP contribution in [0.4, 0.5) is 13.2 Å². The highest BCUT2D eigenvalue weighted by Gasteiger charge is 2.70. The minimum atomic E-state index is -3.68. The van der Waals surface area contributed by atoms with Crippen molar-refractivity contribution in [3.8, 4) is 0 Å². The zero-order valence-corrected chi connectivity index (χ0v) is 17.5. The van der Waals surface area contributed by atoms with Crippen LogP contribution in [0.5, 0.6) is 0 Å². The van der Waals surface area contributed by atoms with Gasteiger partial charge in [0.1, 0.15) is 5.82 Å². The average molecular weight is 433 g/mol. The van der Waals surface area contributed by atoms with Crippen molar-refractivity contribution >= 4 is 5.97 Å². The Kier molecular flexibility index (Phi) is 5.38. The van der Waals surface area contributed by atoms with E-state index in [1.54, 1.807) is 0 Å². The van der Waals surface area contributed by atoms with Crippen molar-refractivity contribution < 1.29 is 27.4 Å². The van der Waals surface area contributed by atoms with Crippen LogP contribution < -0.4 is 5.73 Å². The standard InChI is InChI=1S/C24H26F3NO3/c1-15-13-23(15,30-14-17-7-4-3-5-8-17)21(29)31-22(11-12-22)24(26,27)19-10-6-9-18(16(2)28)20(19)25/h3-10,15-16H,11-14,28H2,1-2H3/t15?,16-,23?/m1/s1. The number of halogens is 3. The number of esters is 1. The van der Waals surface area contributed by atoms with Gasteiger partial charge in [0.05, 0.1) is 12.2 Å². The van der Waals surface area contributed by atoms with Gasteiger partial charge in [-0.25, -0.2) is 9.18 Å². The van der Waals surface area contributed by atoms with Gasteiger partial charge in [-0.15, -0.1) is 0 Å². The maximum absolute atomic E-state index is 15.4. The molecule has 4 rings (SSSR count). The molecule has 2 unspecified atom stereocenters. The van der Waals surface area contributed by atoms with E-state index in [9.17, 15) is 9.18 Å². The molecule has 0 heterocycles. The number of ether oxygens (including phenoxy) is 2. The van der Waals surface area contributed by atoms with E-state index in [1.807, 2.05) is 37.3 Å². The van der Waals surface area contributed by atoms with E-state index >= 15 is 8.78 Å². The van der Waals surface area contributed by atoms with Crippen LogP contribution in [0.2, 0.25) is 0 Å². The second-order valence-corrected chi connectivity index (χ2v) is 8.72. The molecule has 0 aliphatic heterocycles. The second kappa shape index (κ2) is 7.64. The molecule has 3 atom stereocenters. The van der Waals surface area contributed by atoms with Crippen molar-refractivity contribution in [2.45, 2.75) is 62.9 Å². The van der Waals surface area contributed by atoms with Gasteiger partial charge < -0.3 is 15.2 Å². The van der Waals surface area contributed by atoms with Gasteiger partial charge in [-0.1, -0.05) is 49.4 Å². The van der Waals surface area contributed by atoms with E-state index in [0.717, 1.165) is 11.6 Å². The van der Waals surface area contributed by atoms with Crippen molar-refractivity contribution in [2.75, 3.05) is 0 Å². The van der Waals surface area contributed by atoms with Gasteiger partial charge in [-0.05, 0) is 43.7 Å². The molecule has 31 heavy (non-hydrogen) atoms. The van der Waals surface area contributed by atoms with Crippen molar-refractivity contribution in [1.82, 2.24) is 0 Å². The normalized spacial score (nSPS) is 25.0. The molecule has 2 N–H and O–H groups in total. The molecule has 2 aliphatic carbocycles. The fourth-order valence-corrected chi connectivity index (χ4v) is 3.97. The highest BCUT2D eigenvalue weighted by atomic mass is 19.3. The number of carbonyl (C=O) groups is 1. The predicted octanol–water partition coefficient (Wildman–Crippen LogP) is 5.01. The van der Waals surface area contributed by atoms with E-state index in [2.05, 4.69) is 0 Å². The summed E-state index contributed by atoms with van der Waals surface area (Å²) in [6.45, 7) is 3.51. The van der Waals surface area contributed by atoms with Crippen LogP contribution >= 0.6 is 0 Å². The lowest BCUT2D eigenvalue weighted by atomic mass is 9.96. The van der Waals surface area contributed by atoms with Crippen LogP contribution in [0.3, 0.4) is 0 Å². The van der Waals surface area contributed by atoms with Crippen LogP contribution in [0, 0.1) is 11.7 Å². The zero-order chi connectivity index (χ0) is 22.4. The summed E-state index contributed by atoms with van der Waals surface area (Å²) in [6, 6.07) is 12.3. The summed E-state index contributed by atoms with van der Waals surface area (Å²) in [6.07, 6.45) is 0.308. The summed E-state index contributed by atoms with van der Waals surface area (Å²) in [5.74, 6) is -5.70. The summed E-state index contributed by atoms with van der Waals surface area (Å²) in [7, 11) is 0. The number of rotatable bonds is 8. The molecule has 2 aromatic rings. The molecular formula is C24H26F3NO3. The molecular weight excluding hydrogens is 407 g/mol. The SMILES string of the molecule is CC1CC1(OCc1ccccc1)C(=O)OC1(C(F)(F)c2cccc([C@@H](C)N)c2F)CC1. The summed E-state index contributed by atoms with van der Waals surface area (Å²) >= 11 is 0. The van der Waals surface area contributed by atoms with Crippen LogP contribution in [0.1, 0.15) is 55.8 Å². The molecule has 0 spiro atoms. The molecule has 2 aromatic carbocycles. The van der Waals surface area contributed by atoms with Crippen molar-refractivity contribution in [3.63, 3.8) is 0 Å². The average Bonchev–Trinajstić information content (AvgIpc) is 3.64. The van der Waals surface area contributed by atoms with Gasteiger partial charge in [-0.3, -0.25) is 0 Å². The van der Waals surface area contributed by atoms with E-state index in [4.69, 9.17) is 15.2 Å². The van der Waals surface area contributed by atoms with Crippen LogP contribution in [-0.4, -0.2) is 17.2 Å². The largest absolute Gasteiger partial charge is 0.450 e. The lowest BCUT2D eigenvalue weighted by molar-refractivity contribution is -0.200. The molecule has 4 nitrogen and oxygen atoms in total. The zero-order valence-electron chi connectivity index (χ0n) is 17.5. The number of benzene rings is 2. The molecule has 2 fully saturated rings. The number of carbonyl (C=O) groups excluding carboxylic acids is 1. The van der Waals surface area contributed by atoms with Crippen molar-refractivity contribution in [1.29, 1.82) is 0 Å². The quantitative estimate of drug-likeness (QED) is 0.595. The van der Waals surface area contributed by atoms with E-state index in [-0.39, 0.29) is 30.9 Å². The summed E-state index contributed by atoms with van der Waals surface area (Å²) in [5, 5.41) is 0. The van der Waals surface area contributed by atoms with Gasteiger partial charge in [0.15, 0.2) is 11.2 Å². The fraction of sp³-hybridized carbons (Fsp3) is 0.458. The van der Waals surface area contributed by atoms with E-state index in [1.165, 1.54) is 19.1 Å². The van der Waals surface area contributed by atoms with Crippen molar-refractivity contribution in [3.05, 3.63) is 71.0 Å². The van der Waals surface area contributed by atoms with Gasteiger partial charge in [0, 0.05) is 11.6 Å². The lowest BCUT2D eigenvalue weighted by Crippen LogP contribution is -2.43. The Bertz CT molecular complexity index is 975. The third-order valence-electron chi connectivity index (χ3n) is 6.35. The Morgan fingerprint density at radius 2 is 1.84 bits per heavy atom. The molecule has 166 valence electrons. The van der Waals surface area contributed by atoms with Gasteiger partial charge >= 0.3 is 11.9 Å². The minimum absolute atomic E-state index is 0.00205. The maximum atomic E-state index is 15.4. The molecule has 0 saturated heterocycles. The minimum Gasteiger partial charge on any atom is -0.450 e. The monoisotopic (exact) mass is 433 g/mol. The summed E-state index contributed by atoms with van der Waals surface area (Å²) < 4.78 is 56.9. The van der Waals surface area contributed by atoms with Gasteiger partial charge in [0.2, 0.25) is 0 Å². The first-order chi connectivity index (χ1) is 14.6.